The van der Waals surface area contributed by atoms with Gasteiger partial charge >= 0.3 is 5.97 Å². The Hall–Kier alpha value is -2.14. The van der Waals surface area contributed by atoms with E-state index in [0.717, 1.165) is 24.9 Å². The molecule has 0 saturated carbocycles. The summed E-state index contributed by atoms with van der Waals surface area (Å²) < 4.78 is 10.7. The molecule has 0 radical (unpaired) electrons. The third kappa shape index (κ3) is 3.51. The molecule has 0 unspecified atom stereocenters. The first-order valence-electron chi connectivity index (χ1n) is 8.48. The fourth-order valence-electron chi connectivity index (χ4n) is 3.29. The van der Waals surface area contributed by atoms with Crippen molar-refractivity contribution < 1.29 is 13.9 Å². The highest BCUT2D eigenvalue weighted by Gasteiger charge is 2.27. The topological polar surface area (TPSA) is 59.8 Å². The molecular formula is C19H23NO4. The van der Waals surface area contributed by atoms with Gasteiger partial charge in [-0.25, -0.2) is 0 Å². The number of ether oxygens (including phenoxy) is 1. The van der Waals surface area contributed by atoms with Crippen molar-refractivity contribution in [2.24, 2.45) is 5.92 Å². The number of hydrogen-bond acceptors (Lipinski definition) is 5. The van der Waals surface area contributed by atoms with Gasteiger partial charge in [-0.15, -0.1) is 0 Å². The summed E-state index contributed by atoms with van der Waals surface area (Å²) in [5, 5.41) is 0.617. The number of aryl methyl sites for hydroxylation is 1. The second kappa shape index (κ2) is 7.18. The van der Waals surface area contributed by atoms with Crippen LogP contribution in [0.15, 0.2) is 33.7 Å². The number of carbonyl (C=O) groups is 1. The van der Waals surface area contributed by atoms with Gasteiger partial charge in [0.15, 0.2) is 5.43 Å². The van der Waals surface area contributed by atoms with Gasteiger partial charge in [0.1, 0.15) is 5.58 Å². The van der Waals surface area contributed by atoms with Crippen LogP contribution >= 0.6 is 0 Å². The van der Waals surface area contributed by atoms with Crippen LogP contribution in [-0.2, 0) is 16.1 Å². The lowest BCUT2D eigenvalue weighted by Gasteiger charge is -2.31. The molecule has 2 heterocycles. The molecule has 0 spiro atoms. The first-order chi connectivity index (χ1) is 11.6. The summed E-state index contributed by atoms with van der Waals surface area (Å²) in [6.07, 6.45) is 3.33. The third-order valence-electron chi connectivity index (χ3n) is 4.52. The number of fused-ring (bicyclic) bond motifs is 1. The molecule has 1 aliphatic heterocycles. The molecule has 1 saturated heterocycles. The number of benzene rings is 1. The quantitative estimate of drug-likeness (QED) is 0.807. The van der Waals surface area contributed by atoms with Gasteiger partial charge in [-0.1, -0.05) is 11.6 Å². The molecule has 0 bridgehead atoms. The van der Waals surface area contributed by atoms with Gasteiger partial charge in [0, 0.05) is 18.7 Å². The van der Waals surface area contributed by atoms with Gasteiger partial charge in [-0.2, -0.15) is 0 Å². The fraction of sp³-hybridized carbons (Fsp3) is 0.474. The average molecular weight is 329 g/mol. The van der Waals surface area contributed by atoms with Crippen LogP contribution in [0.2, 0.25) is 0 Å². The van der Waals surface area contributed by atoms with Crippen molar-refractivity contribution in [1.29, 1.82) is 0 Å². The van der Waals surface area contributed by atoms with Gasteiger partial charge in [0.2, 0.25) is 0 Å². The number of nitrogens with zero attached hydrogens (tertiary/aromatic N) is 1. The lowest BCUT2D eigenvalue weighted by atomic mass is 9.97. The minimum Gasteiger partial charge on any atom is -0.466 e. The van der Waals surface area contributed by atoms with Crippen LogP contribution in [0.25, 0.3) is 11.0 Å². The zero-order valence-electron chi connectivity index (χ0n) is 14.2. The summed E-state index contributed by atoms with van der Waals surface area (Å²) in [4.78, 5) is 26.8. The normalized spacial score (nSPS) is 18.7. The van der Waals surface area contributed by atoms with E-state index in [1.54, 1.807) is 6.26 Å². The molecule has 128 valence electrons. The highest BCUT2D eigenvalue weighted by atomic mass is 16.5. The molecule has 2 aromatic rings. The highest BCUT2D eigenvalue weighted by Crippen LogP contribution is 2.20. The maximum Gasteiger partial charge on any atom is 0.310 e. The van der Waals surface area contributed by atoms with Crippen LogP contribution in [0.1, 0.15) is 30.9 Å². The van der Waals surface area contributed by atoms with E-state index < -0.39 is 0 Å². The Balaban J connectivity index is 1.78. The first-order valence-corrected chi connectivity index (χ1v) is 8.48. The van der Waals surface area contributed by atoms with Gasteiger partial charge in [-0.05, 0) is 45.4 Å². The Morgan fingerprint density at radius 3 is 3.04 bits per heavy atom. The molecule has 1 fully saturated rings. The van der Waals surface area contributed by atoms with Crippen molar-refractivity contribution in [3.05, 3.63) is 45.8 Å². The van der Waals surface area contributed by atoms with Crippen LogP contribution in [0, 0.1) is 12.8 Å². The number of hydrogen-bond donors (Lipinski definition) is 0. The van der Waals surface area contributed by atoms with Crippen molar-refractivity contribution >= 4 is 16.9 Å². The Kier molecular flexibility index (Phi) is 5.00. The summed E-state index contributed by atoms with van der Waals surface area (Å²) in [5.41, 5.74) is 2.29. The van der Waals surface area contributed by atoms with Gasteiger partial charge in [0.05, 0.1) is 24.2 Å². The van der Waals surface area contributed by atoms with E-state index in [4.69, 9.17) is 9.15 Å². The van der Waals surface area contributed by atoms with Crippen molar-refractivity contribution in [2.75, 3.05) is 19.7 Å². The van der Waals surface area contributed by atoms with Crippen LogP contribution < -0.4 is 5.43 Å². The van der Waals surface area contributed by atoms with Crippen molar-refractivity contribution in [1.82, 2.24) is 4.90 Å². The van der Waals surface area contributed by atoms with E-state index in [0.29, 0.717) is 36.2 Å². The standard InChI is InChI=1S/C19H23NO4/c1-3-23-19(22)14-5-4-8-20(10-14)11-15-12-24-17-7-6-13(2)9-16(17)18(15)21/h6-7,9,12,14H,3-5,8,10-11H2,1-2H3/t14-/m1/s1. The molecule has 5 heteroatoms. The Morgan fingerprint density at radius 1 is 1.42 bits per heavy atom. The number of likely N-dealkylation sites (tertiary alicyclic amines) is 1. The van der Waals surface area contributed by atoms with Crippen molar-refractivity contribution in [3.63, 3.8) is 0 Å². The number of piperidine rings is 1. The van der Waals surface area contributed by atoms with Crippen LogP contribution in [0.4, 0.5) is 0 Å². The first kappa shape index (κ1) is 16.7. The maximum atomic E-state index is 12.7. The summed E-state index contributed by atoms with van der Waals surface area (Å²) in [5.74, 6) is -0.239. The molecule has 0 amide bonds. The van der Waals surface area contributed by atoms with Crippen LogP contribution in [0.5, 0.6) is 0 Å². The highest BCUT2D eigenvalue weighted by molar-refractivity contribution is 5.77. The Morgan fingerprint density at radius 2 is 2.25 bits per heavy atom. The second-order valence-corrected chi connectivity index (χ2v) is 6.42. The van der Waals surface area contributed by atoms with Crippen LogP contribution in [0.3, 0.4) is 0 Å². The predicted octanol–water partition coefficient (Wildman–Crippen LogP) is 2.88. The zero-order valence-corrected chi connectivity index (χ0v) is 14.2. The molecule has 1 aromatic heterocycles. The molecule has 0 N–H and O–H groups in total. The Bertz CT molecular complexity index is 796. The van der Waals surface area contributed by atoms with Crippen LogP contribution in [-0.4, -0.2) is 30.6 Å². The Labute approximate surface area is 141 Å². The van der Waals surface area contributed by atoms with E-state index in [1.165, 1.54) is 0 Å². The summed E-state index contributed by atoms with van der Waals surface area (Å²) in [6.45, 7) is 6.19. The number of rotatable bonds is 4. The molecule has 1 atom stereocenters. The molecule has 1 aromatic carbocycles. The largest absolute Gasteiger partial charge is 0.466 e. The molecule has 5 nitrogen and oxygen atoms in total. The lowest BCUT2D eigenvalue weighted by Crippen LogP contribution is -2.39. The fourth-order valence-corrected chi connectivity index (χ4v) is 3.29. The predicted molar refractivity (Wildman–Crippen MR) is 91.9 cm³/mol. The van der Waals surface area contributed by atoms with Crippen molar-refractivity contribution in [2.45, 2.75) is 33.2 Å². The summed E-state index contributed by atoms with van der Waals surface area (Å²) in [6, 6.07) is 5.62. The van der Waals surface area contributed by atoms with E-state index in [2.05, 4.69) is 4.90 Å². The molecule has 0 aliphatic carbocycles. The van der Waals surface area contributed by atoms with Crippen molar-refractivity contribution in [3.8, 4) is 0 Å². The van der Waals surface area contributed by atoms with E-state index in [-0.39, 0.29) is 17.3 Å². The summed E-state index contributed by atoms with van der Waals surface area (Å²) >= 11 is 0. The van der Waals surface area contributed by atoms with Gasteiger partial charge in [0.25, 0.3) is 0 Å². The van der Waals surface area contributed by atoms with Gasteiger partial charge in [-0.3, -0.25) is 14.5 Å². The molecular weight excluding hydrogens is 306 g/mol. The number of esters is 1. The third-order valence-corrected chi connectivity index (χ3v) is 4.52. The zero-order chi connectivity index (χ0) is 17.1. The van der Waals surface area contributed by atoms with Gasteiger partial charge < -0.3 is 9.15 Å². The SMILES string of the molecule is CCOC(=O)[C@@H]1CCCN(Cc2coc3ccc(C)cc3c2=O)C1. The minimum atomic E-state index is -0.136. The average Bonchev–Trinajstić information content (AvgIpc) is 2.58. The second-order valence-electron chi connectivity index (χ2n) is 6.42. The molecule has 24 heavy (non-hydrogen) atoms. The number of carbonyl (C=O) groups excluding carboxylic acids is 1. The summed E-state index contributed by atoms with van der Waals surface area (Å²) in [7, 11) is 0. The maximum absolute atomic E-state index is 12.7. The smallest absolute Gasteiger partial charge is 0.310 e. The van der Waals surface area contributed by atoms with E-state index in [9.17, 15) is 9.59 Å². The monoisotopic (exact) mass is 329 g/mol. The van der Waals surface area contributed by atoms with E-state index in [1.807, 2.05) is 32.0 Å². The lowest BCUT2D eigenvalue weighted by molar-refractivity contribution is -0.150. The van der Waals surface area contributed by atoms with E-state index >= 15 is 0 Å². The minimum absolute atomic E-state index is 0.0122. The molecule has 3 rings (SSSR count). The molecule has 1 aliphatic rings.